The number of nitrogens with zero attached hydrogens (tertiary/aromatic N) is 1. The summed E-state index contributed by atoms with van der Waals surface area (Å²) < 4.78 is 10.7. The molecule has 0 aliphatic carbocycles. The van der Waals surface area contributed by atoms with Gasteiger partial charge in [-0.1, -0.05) is 13.0 Å². The summed E-state index contributed by atoms with van der Waals surface area (Å²) in [5.41, 5.74) is 7.24. The maximum atomic E-state index is 6.03. The summed E-state index contributed by atoms with van der Waals surface area (Å²) in [6.45, 7) is 10.3. The van der Waals surface area contributed by atoms with E-state index in [0.717, 1.165) is 23.6 Å². The van der Waals surface area contributed by atoms with E-state index in [0.29, 0.717) is 6.54 Å². The molecule has 1 unspecified atom stereocenters. The van der Waals surface area contributed by atoms with Crippen LogP contribution in [0.1, 0.15) is 39.3 Å². The number of ether oxygens (including phenoxy) is 2. The highest BCUT2D eigenvalue weighted by Gasteiger charge is 2.28. The van der Waals surface area contributed by atoms with Crippen molar-refractivity contribution in [3.8, 4) is 11.5 Å². The fourth-order valence-electron chi connectivity index (χ4n) is 2.67. The van der Waals surface area contributed by atoms with Gasteiger partial charge in [0.25, 0.3) is 0 Å². The Morgan fingerprint density at radius 1 is 1.15 bits per heavy atom. The lowest BCUT2D eigenvalue weighted by Gasteiger charge is -2.41. The van der Waals surface area contributed by atoms with Crippen molar-refractivity contribution in [2.24, 2.45) is 5.73 Å². The summed E-state index contributed by atoms with van der Waals surface area (Å²) in [7, 11) is 3.30. The minimum atomic E-state index is 0.0615. The molecule has 1 rings (SSSR count). The van der Waals surface area contributed by atoms with Crippen LogP contribution in [0.3, 0.4) is 0 Å². The van der Waals surface area contributed by atoms with Gasteiger partial charge in [0.1, 0.15) is 0 Å². The van der Waals surface area contributed by atoms with E-state index in [4.69, 9.17) is 15.2 Å². The van der Waals surface area contributed by atoms with Gasteiger partial charge < -0.3 is 15.2 Å². The zero-order chi connectivity index (χ0) is 15.3. The summed E-state index contributed by atoms with van der Waals surface area (Å²) in [6, 6.07) is 6.19. The van der Waals surface area contributed by atoms with Crippen molar-refractivity contribution in [2.75, 3.05) is 27.3 Å². The van der Waals surface area contributed by atoms with E-state index in [2.05, 4.69) is 38.7 Å². The molecule has 1 aromatic carbocycles. The van der Waals surface area contributed by atoms with Crippen molar-refractivity contribution in [3.05, 3.63) is 23.8 Å². The van der Waals surface area contributed by atoms with Gasteiger partial charge in [0.05, 0.1) is 14.2 Å². The van der Waals surface area contributed by atoms with Crippen LogP contribution in [-0.4, -0.2) is 37.7 Å². The number of nitrogens with two attached hydrogens (primary N) is 1. The number of hydrogen-bond donors (Lipinski definition) is 1. The molecule has 0 spiro atoms. The Bertz CT molecular complexity index is 427. The van der Waals surface area contributed by atoms with Crippen LogP contribution in [0.15, 0.2) is 18.2 Å². The highest BCUT2D eigenvalue weighted by molar-refractivity contribution is 5.44. The van der Waals surface area contributed by atoms with Gasteiger partial charge in [0.2, 0.25) is 0 Å². The lowest BCUT2D eigenvalue weighted by atomic mass is 9.97. The normalized spacial score (nSPS) is 13.4. The van der Waals surface area contributed by atoms with E-state index in [-0.39, 0.29) is 11.6 Å². The van der Waals surface area contributed by atoms with Crippen molar-refractivity contribution in [3.63, 3.8) is 0 Å². The third-order valence-corrected chi connectivity index (χ3v) is 3.59. The third-order valence-electron chi connectivity index (χ3n) is 3.59. The average Bonchev–Trinajstić information content (AvgIpc) is 2.42. The van der Waals surface area contributed by atoms with E-state index in [1.807, 2.05) is 12.1 Å². The first-order chi connectivity index (χ1) is 9.38. The minimum Gasteiger partial charge on any atom is -0.493 e. The van der Waals surface area contributed by atoms with Gasteiger partial charge in [-0.3, -0.25) is 4.90 Å². The molecule has 1 aromatic rings. The Morgan fingerprint density at radius 3 is 2.15 bits per heavy atom. The van der Waals surface area contributed by atoms with Crippen LogP contribution in [0.4, 0.5) is 0 Å². The summed E-state index contributed by atoms with van der Waals surface area (Å²) >= 11 is 0. The highest BCUT2D eigenvalue weighted by Crippen LogP contribution is 2.33. The van der Waals surface area contributed by atoms with Gasteiger partial charge in [0, 0.05) is 18.1 Å². The van der Waals surface area contributed by atoms with Gasteiger partial charge in [-0.05, 0) is 45.0 Å². The zero-order valence-electron chi connectivity index (χ0n) is 13.6. The van der Waals surface area contributed by atoms with Crippen molar-refractivity contribution < 1.29 is 9.47 Å². The molecule has 4 nitrogen and oxygen atoms in total. The predicted molar refractivity (Wildman–Crippen MR) is 83.5 cm³/mol. The third kappa shape index (κ3) is 3.64. The van der Waals surface area contributed by atoms with Crippen LogP contribution in [0, 0.1) is 0 Å². The van der Waals surface area contributed by atoms with Crippen LogP contribution in [0.2, 0.25) is 0 Å². The fourth-order valence-corrected chi connectivity index (χ4v) is 2.67. The fraction of sp³-hybridized carbons (Fsp3) is 0.625. The van der Waals surface area contributed by atoms with Crippen molar-refractivity contribution in [1.82, 2.24) is 4.90 Å². The molecule has 0 saturated heterocycles. The number of rotatable bonds is 6. The molecule has 0 aromatic heterocycles. The highest BCUT2D eigenvalue weighted by atomic mass is 16.5. The van der Waals surface area contributed by atoms with Gasteiger partial charge in [-0.2, -0.15) is 0 Å². The topological polar surface area (TPSA) is 47.7 Å². The molecule has 0 aliphatic rings. The number of methoxy groups -OCH3 is 2. The molecule has 114 valence electrons. The van der Waals surface area contributed by atoms with Crippen LogP contribution in [0.5, 0.6) is 11.5 Å². The predicted octanol–water partition coefficient (Wildman–Crippen LogP) is 2.82. The van der Waals surface area contributed by atoms with Crippen LogP contribution in [-0.2, 0) is 0 Å². The van der Waals surface area contributed by atoms with Crippen LogP contribution >= 0.6 is 0 Å². The first kappa shape index (κ1) is 16.8. The Morgan fingerprint density at radius 2 is 1.75 bits per heavy atom. The molecule has 0 bridgehead atoms. The monoisotopic (exact) mass is 280 g/mol. The number of benzene rings is 1. The Kier molecular flexibility index (Phi) is 5.84. The molecular formula is C16H28N2O2. The zero-order valence-corrected chi connectivity index (χ0v) is 13.6. The Labute approximate surface area is 122 Å². The molecule has 4 heteroatoms. The second kappa shape index (κ2) is 6.95. The summed E-state index contributed by atoms with van der Waals surface area (Å²) in [6.07, 6.45) is 0. The van der Waals surface area contributed by atoms with Gasteiger partial charge in [0.15, 0.2) is 11.5 Å². The minimum absolute atomic E-state index is 0.0615. The molecule has 1 atom stereocenters. The Balaban J connectivity index is 3.18. The van der Waals surface area contributed by atoms with E-state index in [1.54, 1.807) is 14.2 Å². The van der Waals surface area contributed by atoms with Crippen LogP contribution in [0.25, 0.3) is 0 Å². The molecular weight excluding hydrogens is 252 g/mol. The van der Waals surface area contributed by atoms with Gasteiger partial charge >= 0.3 is 0 Å². The van der Waals surface area contributed by atoms with Gasteiger partial charge in [-0.15, -0.1) is 0 Å². The lowest BCUT2D eigenvalue weighted by Crippen LogP contribution is -2.46. The molecule has 0 fully saturated rings. The molecule has 0 amide bonds. The molecule has 0 aliphatic heterocycles. The second-order valence-corrected chi connectivity index (χ2v) is 5.82. The molecule has 20 heavy (non-hydrogen) atoms. The van der Waals surface area contributed by atoms with E-state index in [9.17, 15) is 0 Å². The standard InChI is InChI=1S/C16H28N2O2/c1-7-18(16(2,3)4)13(11-17)12-8-9-14(19-5)15(10-12)20-6/h8-10,13H,7,11,17H2,1-6H3. The first-order valence-corrected chi connectivity index (χ1v) is 7.07. The maximum Gasteiger partial charge on any atom is 0.161 e. The van der Waals surface area contributed by atoms with E-state index in [1.165, 1.54) is 0 Å². The molecule has 0 saturated carbocycles. The van der Waals surface area contributed by atoms with E-state index >= 15 is 0 Å². The smallest absolute Gasteiger partial charge is 0.161 e. The maximum absolute atomic E-state index is 6.03. The van der Waals surface area contributed by atoms with E-state index < -0.39 is 0 Å². The van der Waals surface area contributed by atoms with Crippen molar-refractivity contribution in [2.45, 2.75) is 39.3 Å². The molecule has 0 heterocycles. The van der Waals surface area contributed by atoms with Gasteiger partial charge in [-0.25, -0.2) is 0 Å². The second-order valence-electron chi connectivity index (χ2n) is 5.82. The lowest BCUT2D eigenvalue weighted by molar-refractivity contribution is 0.0918. The summed E-state index contributed by atoms with van der Waals surface area (Å²) in [5.74, 6) is 1.49. The van der Waals surface area contributed by atoms with Crippen LogP contribution < -0.4 is 15.2 Å². The SMILES string of the molecule is CCN(C(CN)c1ccc(OC)c(OC)c1)C(C)(C)C. The number of likely N-dealkylation sites (N-methyl/N-ethyl adjacent to an activating group) is 1. The first-order valence-electron chi connectivity index (χ1n) is 7.07. The average molecular weight is 280 g/mol. The number of hydrogen-bond acceptors (Lipinski definition) is 4. The van der Waals surface area contributed by atoms with Crippen molar-refractivity contribution in [1.29, 1.82) is 0 Å². The summed E-state index contributed by atoms with van der Waals surface area (Å²) in [4.78, 5) is 2.40. The van der Waals surface area contributed by atoms with Crippen molar-refractivity contribution >= 4 is 0 Å². The quantitative estimate of drug-likeness (QED) is 0.870. The largest absolute Gasteiger partial charge is 0.493 e. The molecule has 2 N–H and O–H groups in total. The summed E-state index contributed by atoms with van der Waals surface area (Å²) in [5, 5.41) is 0. The molecule has 0 radical (unpaired) electrons. The Hall–Kier alpha value is -1.26.